The molecule has 0 unspecified atom stereocenters. The maximum atomic E-state index is 8.68. The Hall–Kier alpha value is -1.20. The van der Waals surface area contributed by atoms with Gasteiger partial charge in [-0.05, 0) is 25.5 Å². The van der Waals surface area contributed by atoms with Crippen molar-refractivity contribution >= 4 is 17.2 Å². The average Bonchev–Trinajstić information content (AvgIpc) is 2.16. The number of aromatic nitrogens is 1. The minimum absolute atomic E-state index is 0.0905. The summed E-state index contributed by atoms with van der Waals surface area (Å²) in [6.07, 6.45) is 0.561. The number of thiocarbonyl (C=S) groups is 1. The van der Waals surface area contributed by atoms with E-state index in [2.05, 4.69) is 4.98 Å². The number of aliphatic hydroxyl groups excluding tert-OH is 1. The summed E-state index contributed by atoms with van der Waals surface area (Å²) in [4.78, 5) is 4.54. The fraction of sp³-hybridized carbons (Fsp3) is 0.455. The van der Waals surface area contributed by atoms with Gasteiger partial charge in [0.1, 0.15) is 4.99 Å². The number of nitrogens with two attached hydrogens (primary N) is 1. The topological polar surface area (TPSA) is 68.4 Å². The molecule has 0 aromatic carbocycles. The lowest BCUT2D eigenvalue weighted by Gasteiger charge is -2.12. The van der Waals surface area contributed by atoms with Gasteiger partial charge >= 0.3 is 0 Å². The van der Waals surface area contributed by atoms with Gasteiger partial charge in [-0.3, -0.25) is 0 Å². The zero-order chi connectivity index (χ0) is 12.1. The largest absolute Gasteiger partial charge is 0.477 e. The second kappa shape index (κ2) is 5.77. The highest BCUT2D eigenvalue weighted by atomic mass is 32.1. The molecule has 1 heterocycles. The van der Waals surface area contributed by atoms with Crippen molar-refractivity contribution in [1.29, 1.82) is 0 Å². The summed E-state index contributed by atoms with van der Waals surface area (Å²) in [5.41, 5.74) is 8.13. The third-order valence-corrected chi connectivity index (χ3v) is 2.30. The van der Waals surface area contributed by atoms with E-state index in [-0.39, 0.29) is 11.6 Å². The molecular weight excluding hydrogens is 224 g/mol. The lowest BCUT2D eigenvalue weighted by atomic mass is 10.1. The van der Waals surface area contributed by atoms with Crippen molar-refractivity contribution in [3.63, 3.8) is 0 Å². The molecule has 0 aliphatic rings. The first-order valence-electron chi connectivity index (χ1n) is 5.08. The number of hydrogen-bond acceptors (Lipinski definition) is 4. The molecule has 3 N–H and O–H groups in total. The van der Waals surface area contributed by atoms with Crippen molar-refractivity contribution in [1.82, 2.24) is 4.98 Å². The summed E-state index contributed by atoms with van der Waals surface area (Å²) in [6, 6.07) is 1.91. The Bertz CT molecular complexity index is 394. The smallest absolute Gasteiger partial charge is 0.224 e. The van der Waals surface area contributed by atoms with Gasteiger partial charge in [-0.15, -0.1) is 0 Å². The molecule has 4 nitrogen and oxygen atoms in total. The van der Waals surface area contributed by atoms with Gasteiger partial charge in [-0.2, -0.15) is 0 Å². The average molecular weight is 240 g/mol. The van der Waals surface area contributed by atoms with E-state index in [4.69, 9.17) is 27.8 Å². The maximum absolute atomic E-state index is 8.68. The van der Waals surface area contributed by atoms with Gasteiger partial charge < -0.3 is 15.6 Å². The van der Waals surface area contributed by atoms with E-state index in [1.807, 2.05) is 19.9 Å². The van der Waals surface area contributed by atoms with Crippen LogP contribution in [0.3, 0.4) is 0 Å². The van der Waals surface area contributed by atoms with Crippen LogP contribution in [0.25, 0.3) is 0 Å². The number of hydrogen-bond donors (Lipinski definition) is 2. The third-order valence-electron chi connectivity index (χ3n) is 2.10. The normalized spacial score (nSPS) is 10.2. The number of ether oxygens (including phenoxy) is 1. The predicted octanol–water partition coefficient (Wildman–Crippen LogP) is 1.09. The van der Waals surface area contributed by atoms with Crippen LogP contribution in [0.5, 0.6) is 5.88 Å². The molecule has 0 aliphatic carbocycles. The molecular formula is C11H16N2O2S. The summed E-state index contributed by atoms with van der Waals surface area (Å²) in [6.45, 7) is 4.30. The molecule has 1 rings (SSSR count). The van der Waals surface area contributed by atoms with E-state index in [1.54, 1.807) is 0 Å². The predicted molar refractivity (Wildman–Crippen MR) is 66.8 cm³/mol. The highest BCUT2D eigenvalue weighted by molar-refractivity contribution is 7.80. The lowest BCUT2D eigenvalue weighted by Crippen LogP contribution is -2.15. The van der Waals surface area contributed by atoms with Gasteiger partial charge in [0.05, 0.1) is 12.2 Å². The molecule has 88 valence electrons. The van der Waals surface area contributed by atoms with Crippen molar-refractivity contribution in [2.24, 2.45) is 5.73 Å². The van der Waals surface area contributed by atoms with Crippen LogP contribution in [-0.2, 0) is 0 Å². The van der Waals surface area contributed by atoms with Crippen LogP contribution in [0.1, 0.15) is 23.2 Å². The maximum Gasteiger partial charge on any atom is 0.224 e. The van der Waals surface area contributed by atoms with Crippen molar-refractivity contribution in [2.45, 2.75) is 20.3 Å². The summed E-state index contributed by atoms with van der Waals surface area (Å²) >= 11 is 4.97. The number of pyridine rings is 1. The number of rotatable bonds is 5. The van der Waals surface area contributed by atoms with Gasteiger partial charge in [-0.25, -0.2) is 4.98 Å². The Morgan fingerprint density at radius 2 is 2.25 bits per heavy atom. The minimum atomic E-state index is 0.0905. The fourth-order valence-corrected chi connectivity index (χ4v) is 1.69. The zero-order valence-electron chi connectivity index (χ0n) is 9.49. The van der Waals surface area contributed by atoms with Crippen LogP contribution in [0.15, 0.2) is 6.07 Å². The molecule has 0 saturated carbocycles. The fourth-order valence-electron chi connectivity index (χ4n) is 1.44. The Kier molecular flexibility index (Phi) is 4.64. The molecule has 0 aliphatic heterocycles. The summed E-state index contributed by atoms with van der Waals surface area (Å²) < 4.78 is 5.46. The first-order chi connectivity index (χ1) is 7.56. The number of aryl methyl sites for hydroxylation is 2. The van der Waals surface area contributed by atoms with E-state index in [9.17, 15) is 0 Å². The number of nitrogens with zero attached hydrogens (tertiary/aromatic N) is 1. The van der Waals surface area contributed by atoms with Crippen molar-refractivity contribution in [3.8, 4) is 5.88 Å². The van der Waals surface area contributed by atoms with Gasteiger partial charge in [0, 0.05) is 18.7 Å². The van der Waals surface area contributed by atoms with E-state index in [1.165, 1.54) is 0 Å². The molecule has 0 amide bonds. The quantitative estimate of drug-likeness (QED) is 0.595. The standard InChI is InChI=1S/C11H16N2O2S/c1-7-6-8(2)13-11(9(7)10(12)16)15-5-3-4-14/h6,14H,3-5H2,1-2H3,(H2,12,16). The number of aliphatic hydroxyl groups is 1. The highest BCUT2D eigenvalue weighted by Crippen LogP contribution is 2.20. The van der Waals surface area contributed by atoms with Crippen LogP contribution in [0.4, 0.5) is 0 Å². The zero-order valence-corrected chi connectivity index (χ0v) is 10.3. The minimum Gasteiger partial charge on any atom is -0.477 e. The Labute approximate surface area is 100 Å². The lowest BCUT2D eigenvalue weighted by molar-refractivity contribution is 0.229. The molecule has 0 atom stereocenters. The van der Waals surface area contributed by atoms with Crippen LogP contribution in [-0.4, -0.2) is 28.3 Å². The van der Waals surface area contributed by atoms with E-state index >= 15 is 0 Å². The van der Waals surface area contributed by atoms with E-state index in [0.29, 0.717) is 24.5 Å². The SMILES string of the molecule is Cc1cc(C)c(C(N)=S)c(OCCCO)n1. The van der Waals surface area contributed by atoms with Crippen LogP contribution in [0, 0.1) is 13.8 Å². The second-order valence-corrected chi connectivity index (χ2v) is 3.99. The van der Waals surface area contributed by atoms with Crippen LogP contribution >= 0.6 is 12.2 Å². The second-order valence-electron chi connectivity index (χ2n) is 3.55. The Morgan fingerprint density at radius 1 is 1.56 bits per heavy atom. The van der Waals surface area contributed by atoms with E-state index in [0.717, 1.165) is 11.3 Å². The monoisotopic (exact) mass is 240 g/mol. The first kappa shape index (κ1) is 12.9. The summed E-state index contributed by atoms with van der Waals surface area (Å²) in [5, 5.41) is 8.68. The molecule has 16 heavy (non-hydrogen) atoms. The van der Waals surface area contributed by atoms with Gasteiger partial charge in [0.25, 0.3) is 0 Å². The van der Waals surface area contributed by atoms with Crippen LogP contribution in [0.2, 0.25) is 0 Å². The molecule has 0 spiro atoms. The third kappa shape index (κ3) is 3.15. The molecule has 0 bridgehead atoms. The van der Waals surface area contributed by atoms with Crippen molar-refractivity contribution < 1.29 is 9.84 Å². The van der Waals surface area contributed by atoms with Gasteiger partial charge in [0.15, 0.2) is 0 Å². The molecule has 0 radical (unpaired) electrons. The molecule has 0 saturated heterocycles. The Morgan fingerprint density at radius 3 is 2.81 bits per heavy atom. The Balaban J connectivity index is 2.99. The molecule has 1 aromatic rings. The van der Waals surface area contributed by atoms with Crippen LogP contribution < -0.4 is 10.5 Å². The summed E-state index contributed by atoms with van der Waals surface area (Å²) in [5.74, 6) is 0.457. The highest BCUT2D eigenvalue weighted by Gasteiger charge is 2.12. The summed E-state index contributed by atoms with van der Waals surface area (Å²) in [7, 11) is 0. The van der Waals surface area contributed by atoms with Gasteiger partial charge in [-0.1, -0.05) is 12.2 Å². The first-order valence-corrected chi connectivity index (χ1v) is 5.48. The van der Waals surface area contributed by atoms with Crippen molar-refractivity contribution in [3.05, 3.63) is 22.9 Å². The van der Waals surface area contributed by atoms with Gasteiger partial charge in [0.2, 0.25) is 5.88 Å². The van der Waals surface area contributed by atoms with Crippen molar-refractivity contribution in [2.75, 3.05) is 13.2 Å². The molecule has 0 fully saturated rings. The molecule has 1 aromatic heterocycles. The van der Waals surface area contributed by atoms with E-state index < -0.39 is 0 Å². The molecule has 5 heteroatoms.